The third-order valence-electron chi connectivity index (χ3n) is 3.10. The normalized spacial score (nSPS) is 13.2. The molecule has 0 aromatic heterocycles. The minimum atomic E-state index is -2.56. The lowest BCUT2D eigenvalue weighted by Crippen LogP contribution is -2.43. The Morgan fingerprint density at radius 3 is 1.95 bits per heavy atom. The molecule has 8 heteroatoms. The van der Waals surface area contributed by atoms with Crippen LogP contribution < -0.4 is 4.74 Å². The maximum absolute atomic E-state index is 5.43. The molecule has 1 aliphatic rings. The summed E-state index contributed by atoms with van der Waals surface area (Å²) in [6, 6.07) is 0.693. The maximum atomic E-state index is 5.43. The molecule has 1 aromatic carbocycles. The van der Waals surface area contributed by atoms with Gasteiger partial charge in [0.1, 0.15) is 0 Å². The van der Waals surface area contributed by atoms with Crippen molar-refractivity contribution in [3.05, 3.63) is 19.0 Å². The minimum Gasteiger partial charge on any atom is -0.447 e. The van der Waals surface area contributed by atoms with Crippen LogP contribution in [0.1, 0.15) is 5.56 Å². The highest BCUT2D eigenvalue weighted by Gasteiger charge is 2.39. The minimum absolute atomic E-state index is 0.693. The fraction of sp³-hybridized carbons (Fsp3) is 0.455. The van der Waals surface area contributed by atoms with Crippen LogP contribution in [0, 0.1) is 0 Å². The zero-order valence-electron chi connectivity index (χ0n) is 10.7. The molecule has 0 fully saturated rings. The van der Waals surface area contributed by atoms with Gasteiger partial charge in [-0.25, -0.2) is 0 Å². The third kappa shape index (κ3) is 2.95. The first kappa shape index (κ1) is 15.9. The summed E-state index contributed by atoms with van der Waals surface area (Å²) in [6.07, 6.45) is 0.762. The zero-order chi connectivity index (χ0) is 14.2. The highest BCUT2D eigenvalue weighted by Crippen LogP contribution is 2.59. The molecular weight excluding hydrogens is 464 g/mol. The molecule has 1 heterocycles. The van der Waals surface area contributed by atoms with Gasteiger partial charge in [-0.05, 0) is 59.8 Å². The van der Waals surface area contributed by atoms with Crippen molar-refractivity contribution >= 4 is 56.6 Å². The molecular formula is C11H13Br3O4Si. The van der Waals surface area contributed by atoms with Crippen molar-refractivity contribution in [1.82, 2.24) is 0 Å². The Labute approximate surface area is 138 Å². The number of benzene rings is 1. The van der Waals surface area contributed by atoms with E-state index in [1.54, 1.807) is 21.3 Å². The van der Waals surface area contributed by atoms with Gasteiger partial charge >= 0.3 is 8.80 Å². The zero-order valence-corrected chi connectivity index (χ0v) is 16.4. The molecule has 1 aliphatic heterocycles. The van der Waals surface area contributed by atoms with E-state index >= 15 is 0 Å². The number of rotatable bonds is 6. The van der Waals surface area contributed by atoms with Gasteiger partial charge in [0, 0.05) is 31.8 Å². The van der Waals surface area contributed by atoms with E-state index in [2.05, 4.69) is 47.8 Å². The Balaban J connectivity index is 2.21. The molecule has 19 heavy (non-hydrogen) atoms. The average molecular weight is 477 g/mol. The predicted molar refractivity (Wildman–Crippen MR) is 84.9 cm³/mol. The fourth-order valence-corrected chi connectivity index (χ4v) is 5.55. The molecule has 1 aromatic rings. The fourth-order valence-electron chi connectivity index (χ4n) is 1.88. The van der Waals surface area contributed by atoms with Crippen LogP contribution in [0.15, 0.2) is 13.4 Å². The molecule has 0 N–H and O–H groups in total. The van der Waals surface area contributed by atoms with E-state index in [4.69, 9.17) is 18.0 Å². The van der Waals surface area contributed by atoms with Gasteiger partial charge < -0.3 is 18.0 Å². The van der Waals surface area contributed by atoms with Gasteiger partial charge in [-0.3, -0.25) is 0 Å². The summed E-state index contributed by atoms with van der Waals surface area (Å²) in [5, 5.41) is 0. The average Bonchev–Trinajstić information content (AvgIpc) is 3.22. The van der Waals surface area contributed by atoms with Crippen LogP contribution in [0.4, 0.5) is 0 Å². The first-order valence-corrected chi connectivity index (χ1v) is 9.83. The van der Waals surface area contributed by atoms with Gasteiger partial charge in [-0.1, -0.05) is 0 Å². The summed E-state index contributed by atoms with van der Waals surface area (Å²) in [4.78, 5) is 0. The molecule has 0 atom stereocenters. The van der Waals surface area contributed by atoms with Gasteiger partial charge in [0.15, 0.2) is 11.5 Å². The largest absolute Gasteiger partial charge is 0.500 e. The van der Waals surface area contributed by atoms with Crippen LogP contribution in [0.25, 0.3) is 0 Å². The standard InChI is InChI=1S/C11H13Br3O4Si/c1-15-19(16-2,17-3)5-4-6-7(12)9(14)11-10(18-11)8(6)13/h4-5H2,1-3H3. The van der Waals surface area contributed by atoms with Gasteiger partial charge in [0.2, 0.25) is 0 Å². The molecule has 0 bridgehead atoms. The lowest BCUT2D eigenvalue weighted by molar-refractivity contribution is 0.123. The smallest absolute Gasteiger partial charge is 0.447 e. The predicted octanol–water partition coefficient (Wildman–Crippen LogP) is 4.50. The second-order valence-electron chi connectivity index (χ2n) is 3.98. The van der Waals surface area contributed by atoms with Gasteiger partial charge in [-0.2, -0.15) is 0 Å². The molecule has 106 valence electrons. The Morgan fingerprint density at radius 2 is 1.42 bits per heavy atom. The van der Waals surface area contributed by atoms with Crippen LogP contribution in [0.2, 0.25) is 6.04 Å². The molecule has 2 rings (SSSR count). The number of halogens is 3. The van der Waals surface area contributed by atoms with Crippen LogP contribution >= 0.6 is 47.8 Å². The van der Waals surface area contributed by atoms with Crippen molar-refractivity contribution in [2.75, 3.05) is 21.3 Å². The molecule has 4 nitrogen and oxygen atoms in total. The Bertz CT molecular complexity index is 497. The molecule has 0 aliphatic carbocycles. The molecule has 0 saturated carbocycles. The van der Waals surface area contributed by atoms with Gasteiger partial charge in [0.25, 0.3) is 0 Å². The molecule has 0 unspecified atom stereocenters. The van der Waals surface area contributed by atoms with Crippen molar-refractivity contribution in [2.24, 2.45) is 0 Å². The van der Waals surface area contributed by atoms with E-state index in [0.717, 1.165) is 36.9 Å². The maximum Gasteiger partial charge on any atom is 0.500 e. The van der Waals surface area contributed by atoms with Gasteiger partial charge in [0.05, 0.1) is 8.95 Å². The summed E-state index contributed by atoms with van der Waals surface area (Å²) in [6.45, 7) is 0. The summed E-state index contributed by atoms with van der Waals surface area (Å²) < 4.78 is 24.6. The van der Waals surface area contributed by atoms with Crippen LogP contribution in [-0.2, 0) is 19.7 Å². The quantitative estimate of drug-likeness (QED) is 0.349. The Kier molecular flexibility index (Phi) is 5.14. The van der Waals surface area contributed by atoms with E-state index < -0.39 is 8.80 Å². The lowest BCUT2D eigenvalue weighted by atomic mass is 10.2. The Morgan fingerprint density at radius 1 is 0.895 bits per heavy atom. The monoisotopic (exact) mass is 474 g/mol. The van der Waals surface area contributed by atoms with Crippen molar-refractivity contribution in [2.45, 2.75) is 12.5 Å². The SMILES string of the molecule is CO[Si](CCc1c(Br)c(Br)c2c(c1Br)O2)(OC)OC. The third-order valence-corrected chi connectivity index (χ3v) is 8.84. The number of fused-ring (bicyclic) bond motifs is 1. The van der Waals surface area contributed by atoms with Crippen molar-refractivity contribution in [1.29, 1.82) is 0 Å². The highest BCUT2D eigenvalue weighted by molar-refractivity contribution is 9.13. The second kappa shape index (κ2) is 6.13. The highest BCUT2D eigenvalue weighted by atomic mass is 79.9. The number of ether oxygens (including phenoxy) is 1. The summed E-state index contributed by atoms with van der Waals surface area (Å²) in [5.41, 5.74) is 1.12. The first-order chi connectivity index (χ1) is 8.99. The number of hydrogen-bond acceptors (Lipinski definition) is 4. The van der Waals surface area contributed by atoms with E-state index in [0.29, 0.717) is 6.04 Å². The van der Waals surface area contributed by atoms with E-state index in [1.165, 1.54) is 0 Å². The van der Waals surface area contributed by atoms with Crippen molar-refractivity contribution < 1.29 is 18.0 Å². The van der Waals surface area contributed by atoms with Gasteiger partial charge in [-0.15, -0.1) is 0 Å². The molecule has 0 spiro atoms. The molecule has 0 saturated heterocycles. The van der Waals surface area contributed by atoms with E-state index in [9.17, 15) is 0 Å². The van der Waals surface area contributed by atoms with Crippen LogP contribution in [0.3, 0.4) is 0 Å². The van der Waals surface area contributed by atoms with Crippen LogP contribution in [-0.4, -0.2) is 30.1 Å². The summed E-state index contributed by atoms with van der Waals surface area (Å²) in [7, 11) is 2.30. The summed E-state index contributed by atoms with van der Waals surface area (Å²) in [5.74, 6) is 1.78. The second-order valence-corrected chi connectivity index (χ2v) is 9.45. The summed E-state index contributed by atoms with van der Waals surface area (Å²) >= 11 is 10.7. The molecule has 0 radical (unpaired) electrons. The van der Waals surface area contributed by atoms with Crippen LogP contribution in [0.5, 0.6) is 11.5 Å². The topological polar surface area (TPSA) is 40.2 Å². The van der Waals surface area contributed by atoms with E-state index in [-0.39, 0.29) is 0 Å². The number of hydrogen-bond donors (Lipinski definition) is 0. The van der Waals surface area contributed by atoms with Crippen molar-refractivity contribution in [3.8, 4) is 11.5 Å². The van der Waals surface area contributed by atoms with Crippen molar-refractivity contribution in [3.63, 3.8) is 0 Å². The van der Waals surface area contributed by atoms with E-state index in [1.807, 2.05) is 0 Å². The lowest BCUT2D eigenvalue weighted by Gasteiger charge is -2.24. The Hall–Kier alpha value is 0.557. The first-order valence-electron chi connectivity index (χ1n) is 5.52. The molecule has 0 amide bonds.